The van der Waals surface area contributed by atoms with Crippen molar-refractivity contribution in [3.05, 3.63) is 16.1 Å². The zero-order valence-corrected chi connectivity index (χ0v) is 12.0. The van der Waals surface area contributed by atoms with Gasteiger partial charge in [0, 0.05) is 25.1 Å². The molecule has 5 nitrogen and oxygen atoms in total. The molecule has 1 aromatic rings. The number of thiazole rings is 1. The monoisotopic (exact) mass is 293 g/mol. The van der Waals surface area contributed by atoms with Gasteiger partial charge in [-0.25, -0.2) is 4.98 Å². The average molecular weight is 294 g/mol. The SMILES string of the molecule is CCC(CCO)CNC(=O)c1csc(CN)n1.Cl. The first-order valence-corrected chi connectivity index (χ1v) is 6.62. The van der Waals surface area contributed by atoms with Crippen molar-refractivity contribution in [1.82, 2.24) is 10.3 Å². The maximum atomic E-state index is 11.7. The van der Waals surface area contributed by atoms with E-state index in [1.807, 2.05) is 6.92 Å². The van der Waals surface area contributed by atoms with Crippen molar-refractivity contribution in [2.24, 2.45) is 11.7 Å². The van der Waals surface area contributed by atoms with Gasteiger partial charge in [0.1, 0.15) is 10.7 Å². The minimum Gasteiger partial charge on any atom is -0.396 e. The molecule has 1 amide bonds. The lowest BCUT2D eigenvalue weighted by atomic mass is 10.0. The Morgan fingerprint density at radius 1 is 1.67 bits per heavy atom. The third-order valence-corrected chi connectivity index (χ3v) is 3.50. The van der Waals surface area contributed by atoms with Crippen molar-refractivity contribution in [2.75, 3.05) is 13.2 Å². The van der Waals surface area contributed by atoms with Gasteiger partial charge in [-0.2, -0.15) is 0 Å². The van der Waals surface area contributed by atoms with E-state index < -0.39 is 0 Å². The molecule has 0 aromatic carbocycles. The Hall–Kier alpha value is -0.690. The van der Waals surface area contributed by atoms with Crippen LogP contribution in [-0.4, -0.2) is 29.1 Å². The Labute approximate surface area is 117 Å². The largest absolute Gasteiger partial charge is 0.396 e. The molecule has 0 radical (unpaired) electrons. The fourth-order valence-electron chi connectivity index (χ4n) is 1.47. The van der Waals surface area contributed by atoms with Crippen LogP contribution in [0.2, 0.25) is 0 Å². The van der Waals surface area contributed by atoms with E-state index in [0.717, 1.165) is 11.4 Å². The fraction of sp³-hybridized carbons (Fsp3) is 0.636. The number of aliphatic hydroxyl groups excluding tert-OH is 1. The Bertz CT molecular complexity index is 360. The van der Waals surface area contributed by atoms with E-state index in [9.17, 15) is 4.79 Å². The summed E-state index contributed by atoms with van der Waals surface area (Å²) in [7, 11) is 0. The Morgan fingerprint density at radius 2 is 2.39 bits per heavy atom. The van der Waals surface area contributed by atoms with Crippen LogP contribution in [0, 0.1) is 5.92 Å². The molecule has 0 saturated heterocycles. The van der Waals surface area contributed by atoms with Gasteiger partial charge in [-0.3, -0.25) is 4.79 Å². The molecule has 0 fully saturated rings. The van der Waals surface area contributed by atoms with E-state index in [2.05, 4.69) is 10.3 Å². The number of rotatable bonds is 7. The van der Waals surface area contributed by atoms with Crippen LogP contribution in [0.1, 0.15) is 35.3 Å². The zero-order valence-electron chi connectivity index (χ0n) is 10.4. The molecule has 1 rings (SSSR count). The van der Waals surface area contributed by atoms with Gasteiger partial charge in [0.15, 0.2) is 0 Å². The second kappa shape index (κ2) is 9.27. The lowest BCUT2D eigenvalue weighted by Crippen LogP contribution is -2.29. The van der Waals surface area contributed by atoms with Gasteiger partial charge in [-0.15, -0.1) is 23.7 Å². The van der Waals surface area contributed by atoms with Crippen LogP contribution < -0.4 is 11.1 Å². The molecule has 7 heteroatoms. The summed E-state index contributed by atoms with van der Waals surface area (Å²) in [6, 6.07) is 0. The number of hydrogen-bond acceptors (Lipinski definition) is 5. The number of hydrogen-bond donors (Lipinski definition) is 3. The first kappa shape index (κ1) is 17.3. The summed E-state index contributed by atoms with van der Waals surface area (Å²) in [5, 5.41) is 14.1. The van der Waals surface area contributed by atoms with Gasteiger partial charge in [-0.05, 0) is 12.3 Å². The molecule has 0 aliphatic carbocycles. The molecule has 1 heterocycles. The quantitative estimate of drug-likeness (QED) is 0.704. The molecule has 1 atom stereocenters. The standard InChI is InChI=1S/C11H19N3O2S.ClH/c1-2-8(3-4-15)6-13-11(16)9-7-17-10(5-12)14-9;/h7-8,15H,2-6,12H2,1H3,(H,13,16);1H. The number of carbonyl (C=O) groups excluding carboxylic acids is 1. The molecule has 18 heavy (non-hydrogen) atoms. The van der Waals surface area contributed by atoms with Gasteiger partial charge < -0.3 is 16.2 Å². The van der Waals surface area contributed by atoms with Crippen molar-refractivity contribution in [3.8, 4) is 0 Å². The predicted octanol–water partition coefficient (Wildman–Crippen LogP) is 1.16. The van der Waals surface area contributed by atoms with Crippen LogP contribution in [0.3, 0.4) is 0 Å². The molecule has 0 saturated carbocycles. The van der Waals surface area contributed by atoms with Crippen LogP contribution in [0.25, 0.3) is 0 Å². The summed E-state index contributed by atoms with van der Waals surface area (Å²) in [6.45, 7) is 3.13. The van der Waals surface area contributed by atoms with E-state index in [4.69, 9.17) is 10.8 Å². The molecule has 0 spiro atoms. The first-order chi connectivity index (χ1) is 8.21. The highest BCUT2D eigenvalue weighted by Gasteiger charge is 2.12. The number of halogens is 1. The Kier molecular flexibility index (Phi) is 8.91. The third-order valence-electron chi connectivity index (χ3n) is 2.62. The van der Waals surface area contributed by atoms with Gasteiger partial charge in [0.25, 0.3) is 5.91 Å². The number of nitrogens with one attached hydrogen (secondary N) is 1. The highest BCUT2D eigenvalue weighted by atomic mass is 35.5. The summed E-state index contributed by atoms with van der Waals surface area (Å²) >= 11 is 1.39. The van der Waals surface area contributed by atoms with E-state index in [0.29, 0.717) is 31.1 Å². The van der Waals surface area contributed by atoms with Crippen molar-refractivity contribution in [1.29, 1.82) is 0 Å². The number of amides is 1. The van der Waals surface area contributed by atoms with Crippen molar-refractivity contribution >= 4 is 29.7 Å². The minimum atomic E-state index is -0.169. The topological polar surface area (TPSA) is 88.2 Å². The Balaban J connectivity index is 0.00000289. The second-order valence-electron chi connectivity index (χ2n) is 3.83. The first-order valence-electron chi connectivity index (χ1n) is 5.74. The molecule has 0 aliphatic heterocycles. The van der Waals surface area contributed by atoms with Crippen LogP contribution in [0.15, 0.2) is 5.38 Å². The molecule has 104 valence electrons. The van der Waals surface area contributed by atoms with Crippen molar-refractivity contribution < 1.29 is 9.90 Å². The maximum Gasteiger partial charge on any atom is 0.270 e. The van der Waals surface area contributed by atoms with Gasteiger partial charge in [0.05, 0.1) is 0 Å². The van der Waals surface area contributed by atoms with E-state index in [-0.39, 0.29) is 24.9 Å². The van der Waals surface area contributed by atoms with Gasteiger partial charge in [0.2, 0.25) is 0 Å². The van der Waals surface area contributed by atoms with Crippen LogP contribution in [0.4, 0.5) is 0 Å². The van der Waals surface area contributed by atoms with Crippen LogP contribution in [-0.2, 0) is 6.54 Å². The van der Waals surface area contributed by atoms with Gasteiger partial charge in [-0.1, -0.05) is 13.3 Å². The fourth-order valence-corrected chi connectivity index (χ4v) is 2.12. The average Bonchev–Trinajstić information content (AvgIpc) is 2.82. The number of aliphatic hydroxyl groups is 1. The molecule has 4 N–H and O–H groups in total. The smallest absolute Gasteiger partial charge is 0.270 e. The molecule has 0 aliphatic rings. The normalized spacial score (nSPS) is 11.7. The highest BCUT2D eigenvalue weighted by Crippen LogP contribution is 2.10. The summed E-state index contributed by atoms with van der Waals surface area (Å²) in [5.41, 5.74) is 5.86. The summed E-state index contributed by atoms with van der Waals surface area (Å²) in [6.07, 6.45) is 1.65. The molecule has 1 aromatic heterocycles. The third kappa shape index (κ3) is 5.30. The minimum absolute atomic E-state index is 0. The van der Waals surface area contributed by atoms with E-state index >= 15 is 0 Å². The highest BCUT2D eigenvalue weighted by molar-refractivity contribution is 7.09. The summed E-state index contributed by atoms with van der Waals surface area (Å²) in [4.78, 5) is 15.8. The zero-order chi connectivity index (χ0) is 12.7. The molecular formula is C11H20ClN3O2S. The predicted molar refractivity (Wildman–Crippen MR) is 75.1 cm³/mol. The molecule has 1 unspecified atom stereocenters. The number of nitrogens with zero attached hydrogens (tertiary/aromatic N) is 1. The van der Waals surface area contributed by atoms with Crippen LogP contribution in [0.5, 0.6) is 0 Å². The number of carbonyl (C=O) groups is 1. The van der Waals surface area contributed by atoms with Crippen molar-refractivity contribution in [2.45, 2.75) is 26.3 Å². The Morgan fingerprint density at radius 3 is 2.89 bits per heavy atom. The summed E-state index contributed by atoms with van der Waals surface area (Å²) < 4.78 is 0. The van der Waals surface area contributed by atoms with Gasteiger partial charge >= 0.3 is 0 Å². The maximum absolute atomic E-state index is 11.7. The lowest BCUT2D eigenvalue weighted by Gasteiger charge is -2.13. The number of nitrogens with two attached hydrogens (primary N) is 1. The molecule has 0 bridgehead atoms. The molecular weight excluding hydrogens is 274 g/mol. The number of aromatic nitrogens is 1. The van der Waals surface area contributed by atoms with E-state index in [1.54, 1.807) is 5.38 Å². The van der Waals surface area contributed by atoms with Crippen molar-refractivity contribution in [3.63, 3.8) is 0 Å². The lowest BCUT2D eigenvalue weighted by molar-refractivity contribution is 0.0939. The van der Waals surface area contributed by atoms with Crippen LogP contribution >= 0.6 is 23.7 Å². The second-order valence-corrected chi connectivity index (χ2v) is 4.77. The van der Waals surface area contributed by atoms with E-state index in [1.165, 1.54) is 11.3 Å². The summed E-state index contributed by atoms with van der Waals surface area (Å²) in [5.74, 6) is 0.147.